The van der Waals surface area contributed by atoms with E-state index in [4.69, 9.17) is 4.74 Å². The molecule has 33 heavy (non-hydrogen) atoms. The first-order valence-electron chi connectivity index (χ1n) is 10.9. The maximum absolute atomic E-state index is 13.2. The molecular weight excluding hydrogens is 420 g/mol. The summed E-state index contributed by atoms with van der Waals surface area (Å²) in [6.07, 6.45) is 0.673. The highest BCUT2D eigenvalue weighted by molar-refractivity contribution is 5.98. The number of fused-ring (bicyclic) bond motifs is 1. The molecule has 3 aromatic rings. The van der Waals surface area contributed by atoms with Crippen molar-refractivity contribution in [3.63, 3.8) is 0 Å². The van der Waals surface area contributed by atoms with Crippen LogP contribution in [-0.4, -0.2) is 63.7 Å². The molecule has 2 heterocycles. The van der Waals surface area contributed by atoms with E-state index in [9.17, 15) is 14.4 Å². The van der Waals surface area contributed by atoms with Crippen molar-refractivity contribution >= 4 is 28.8 Å². The van der Waals surface area contributed by atoms with Gasteiger partial charge in [0.05, 0.1) is 22.4 Å². The van der Waals surface area contributed by atoms with Crippen molar-refractivity contribution in [3.05, 3.63) is 65.0 Å². The molecule has 1 saturated heterocycles. The number of hydrogen-bond acceptors (Lipinski definition) is 6. The van der Waals surface area contributed by atoms with Crippen LogP contribution in [0.2, 0.25) is 0 Å². The molecule has 1 fully saturated rings. The third kappa shape index (κ3) is 5.00. The van der Waals surface area contributed by atoms with Gasteiger partial charge in [0.1, 0.15) is 5.75 Å². The van der Waals surface area contributed by atoms with Crippen LogP contribution in [0.25, 0.3) is 11.0 Å². The van der Waals surface area contributed by atoms with Gasteiger partial charge in [-0.3, -0.25) is 14.4 Å². The van der Waals surface area contributed by atoms with Crippen molar-refractivity contribution in [3.8, 4) is 5.75 Å². The van der Waals surface area contributed by atoms with E-state index in [1.807, 2.05) is 19.9 Å². The first-order valence-corrected chi connectivity index (χ1v) is 10.9. The molecule has 0 radical (unpaired) electrons. The monoisotopic (exact) mass is 446 g/mol. The standard InChI is InChI=1S/C25H26N4O4/c1-16-17(2)27-23-15-20(8-9-22(23)26-16)25(32)29-11-5-10-28(12-13-29)24(31)19-6-4-7-21(14-19)33-18(3)30/h4,6-9,14-15H,5,10-13H2,1-3H3. The fourth-order valence-corrected chi connectivity index (χ4v) is 3.91. The second-order valence-electron chi connectivity index (χ2n) is 8.16. The van der Waals surface area contributed by atoms with Gasteiger partial charge in [-0.1, -0.05) is 6.07 Å². The van der Waals surface area contributed by atoms with E-state index in [0.29, 0.717) is 55.0 Å². The molecule has 1 aromatic heterocycles. The Balaban J connectivity index is 1.46. The van der Waals surface area contributed by atoms with Crippen molar-refractivity contribution in [2.24, 2.45) is 0 Å². The van der Waals surface area contributed by atoms with Gasteiger partial charge in [0.2, 0.25) is 0 Å². The summed E-state index contributed by atoms with van der Waals surface area (Å²) in [7, 11) is 0. The Bertz CT molecular complexity index is 1240. The van der Waals surface area contributed by atoms with Gasteiger partial charge >= 0.3 is 5.97 Å². The molecule has 170 valence electrons. The zero-order chi connectivity index (χ0) is 23.5. The minimum absolute atomic E-state index is 0.0805. The van der Waals surface area contributed by atoms with Gasteiger partial charge < -0.3 is 14.5 Å². The van der Waals surface area contributed by atoms with Gasteiger partial charge in [-0.05, 0) is 56.7 Å². The second-order valence-corrected chi connectivity index (χ2v) is 8.16. The van der Waals surface area contributed by atoms with Crippen LogP contribution >= 0.6 is 0 Å². The van der Waals surface area contributed by atoms with Crippen molar-refractivity contribution in [2.75, 3.05) is 26.2 Å². The quantitative estimate of drug-likeness (QED) is 0.453. The highest BCUT2D eigenvalue weighted by atomic mass is 16.5. The highest BCUT2D eigenvalue weighted by Gasteiger charge is 2.24. The Kier molecular flexibility index (Phi) is 6.35. The van der Waals surface area contributed by atoms with Crippen LogP contribution in [0.15, 0.2) is 42.5 Å². The lowest BCUT2D eigenvalue weighted by Gasteiger charge is -2.22. The van der Waals surface area contributed by atoms with Crippen LogP contribution in [0.5, 0.6) is 5.75 Å². The summed E-state index contributed by atoms with van der Waals surface area (Å²) >= 11 is 0. The molecular formula is C25H26N4O4. The molecule has 0 bridgehead atoms. The number of aromatic nitrogens is 2. The normalized spacial score (nSPS) is 14.2. The SMILES string of the molecule is CC(=O)Oc1cccc(C(=O)N2CCCN(C(=O)c3ccc4nc(C)c(C)nc4c3)CC2)c1. The third-order valence-corrected chi connectivity index (χ3v) is 5.74. The number of hydrogen-bond donors (Lipinski definition) is 0. The summed E-state index contributed by atoms with van der Waals surface area (Å²) < 4.78 is 5.09. The predicted molar refractivity (Wildman–Crippen MR) is 123 cm³/mol. The number of carbonyl (C=O) groups excluding carboxylic acids is 3. The summed E-state index contributed by atoms with van der Waals surface area (Å²) in [5, 5.41) is 0. The molecule has 0 saturated carbocycles. The van der Waals surface area contributed by atoms with Gasteiger partial charge in [0, 0.05) is 44.2 Å². The van der Waals surface area contributed by atoms with E-state index < -0.39 is 5.97 Å². The van der Waals surface area contributed by atoms with Crippen molar-refractivity contribution < 1.29 is 19.1 Å². The van der Waals surface area contributed by atoms with Crippen LogP contribution in [-0.2, 0) is 4.79 Å². The van der Waals surface area contributed by atoms with Gasteiger partial charge in [0.15, 0.2) is 0 Å². The molecule has 2 aromatic carbocycles. The zero-order valence-corrected chi connectivity index (χ0v) is 19.0. The maximum atomic E-state index is 13.2. The molecule has 0 N–H and O–H groups in total. The van der Waals surface area contributed by atoms with Gasteiger partial charge in [-0.2, -0.15) is 0 Å². The summed E-state index contributed by atoms with van der Waals surface area (Å²) in [5.74, 6) is -0.327. The van der Waals surface area contributed by atoms with Gasteiger partial charge in [-0.15, -0.1) is 0 Å². The first-order chi connectivity index (χ1) is 15.8. The average Bonchev–Trinajstić information content (AvgIpc) is 3.05. The summed E-state index contributed by atoms with van der Waals surface area (Å²) in [4.78, 5) is 50.0. The minimum Gasteiger partial charge on any atom is -0.427 e. The van der Waals surface area contributed by atoms with E-state index in [1.54, 1.807) is 46.2 Å². The lowest BCUT2D eigenvalue weighted by atomic mass is 10.1. The Morgan fingerprint density at radius 3 is 2.03 bits per heavy atom. The summed E-state index contributed by atoms with van der Waals surface area (Å²) in [6, 6.07) is 12.0. The van der Waals surface area contributed by atoms with Crippen molar-refractivity contribution in [2.45, 2.75) is 27.2 Å². The Labute approximate surface area is 192 Å². The lowest BCUT2D eigenvalue weighted by Crippen LogP contribution is -2.37. The fourth-order valence-electron chi connectivity index (χ4n) is 3.91. The predicted octanol–water partition coefficient (Wildman–Crippen LogP) is 3.16. The maximum Gasteiger partial charge on any atom is 0.308 e. The molecule has 1 aliphatic heterocycles. The van der Waals surface area contributed by atoms with Crippen molar-refractivity contribution in [1.29, 1.82) is 0 Å². The molecule has 2 amide bonds. The molecule has 4 rings (SSSR count). The first kappa shape index (κ1) is 22.4. The molecule has 1 aliphatic rings. The number of esters is 1. The molecule has 8 heteroatoms. The van der Waals surface area contributed by atoms with Gasteiger partial charge in [0.25, 0.3) is 11.8 Å². The van der Waals surface area contributed by atoms with Crippen LogP contribution in [0, 0.1) is 13.8 Å². The topological polar surface area (TPSA) is 92.7 Å². The fraction of sp³-hybridized carbons (Fsp3) is 0.320. The molecule has 0 atom stereocenters. The van der Waals surface area contributed by atoms with Crippen LogP contribution in [0.1, 0.15) is 45.4 Å². The van der Waals surface area contributed by atoms with E-state index >= 15 is 0 Å². The van der Waals surface area contributed by atoms with Gasteiger partial charge in [-0.25, -0.2) is 9.97 Å². The summed E-state index contributed by atoms with van der Waals surface area (Å²) in [6.45, 7) is 7.10. The molecule has 8 nitrogen and oxygen atoms in total. The smallest absolute Gasteiger partial charge is 0.308 e. The Morgan fingerprint density at radius 2 is 1.39 bits per heavy atom. The zero-order valence-electron chi connectivity index (χ0n) is 19.0. The highest BCUT2D eigenvalue weighted by Crippen LogP contribution is 2.19. The minimum atomic E-state index is -0.437. The average molecular weight is 447 g/mol. The third-order valence-electron chi connectivity index (χ3n) is 5.74. The van der Waals surface area contributed by atoms with E-state index in [2.05, 4.69) is 9.97 Å². The number of nitrogens with zero attached hydrogens (tertiary/aromatic N) is 4. The van der Waals surface area contributed by atoms with Crippen LogP contribution in [0.4, 0.5) is 0 Å². The Hall–Kier alpha value is -3.81. The molecule has 0 unspecified atom stereocenters. The molecule has 0 spiro atoms. The van der Waals surface area contributed by atoms with E-state index in [-0.39, 0.29) is 11.8 Å². The van der Waals surface area contributed by atoms with Crippen LogP contribution in [0.3, 0.4) is 0 Å². The number of carbonyl (C=O) groups is 3. The van der Waals surface area contributed by atoms with Crippen LogP contribution < -0.4 is 4.74 Å². The van der Waals surface area contributed by atoms with Crippen molar-refractivity contribution in [1.82, 2.24) is 19.8 Å². The van der Waals surface area contributed by atoms with E-state index in [1.165, 1.54) is 6.92 Å². The lowest BCUT2D eigenvalue weighted by molar-refractivity contribution is -0.131. The summed E-state index contributed by atoms with van der Waals surface area (Å²) in [5.41, 5.74) is 4.19. The second kappa shape index (κ2) is 9.36. The largest absolute Gasteiger partial charge is 0.427 e. The molecule has 0 aliphatic carbocycles. The number of aryl methyl sites for hydroxylation is 2. The number of amides is 2. The number of ether oxygens (including phenoxy) is 1. The Morgan fingerprint density at radius 1 is 0.788 bits per heavy atom. The van der Waals surface area contributed by atoms with E-state index in [0.717, 1.165) is 16.9 Å². The number of rotatable bonds is 3. The number of benzene rings is 2.